The summed E-state index contributed by atoms with van der Waals surface area (Å²) in [5.74, 6) is -0.261. The molecule has 5 nitrogen and oxygen atoms in total. The SMILES string of the molecule is Cc1ccc(S(=O)(=O)N2CCCC2C(=O)Nc2cccc(C)c2C)s1. The van der Waals surface area contributed by atoms with Crippen molar-refractivity contribution >= 4 is 33.0 Å². The molecule has 1 unspecified atom stereocenters. The highest BCUT2D eigenvalue weighted by atomic mass is 32.2. The molecule has 1 saturated heterocycles. The van der Waals surface area contributed by atoms with Gasteiger partial charge >= 0.3 is 0 Å². The Bertz CT molecular complexity index is 903. The van der Waals surface area contributed by atoms with E-state index in [2.05, 4.69) is 5.32 Å². The Balaban J connectivity index is 1.84. The molecule has 1 aliphatic heterocycles. The van der Waals surface area contributed by atoms with Gasteiger partial charge in [-0.1, -0.05) is 12.1 Å². The Morgan fingerprint density at radius 3 is 2.64 bits per heavy atom. The first-order valence-electron chi connectivity index (χ1n) is 8.26. The van der Waals surface area contributed by atoms with Crippen LogP contribution in [0.4, 0.5) is 5.69 Å². The summed E-state index contributed by atoms with van der Waals surface area (Å²) >= 11 is 1.24. The van der Waals surface area contributed by atoms with Gasteiger partial charge < -0.3 is 5.32 Å². The average molecular weight is 379 g/mol. The number of anilines is 1. The van der Waals surface area contributed by atoms with Crippen LogP contribution in [0.25, 0.3) is 0 Å². The van der Waals surface area contributed by atoms with Gasteiger partial charge in [0.2, 0.25) is 5.91 Å². The lowest BCUT2D eigenvalue weighted by Gasteiger charge is -2.23. The second-order valence-electron chi connectivity index (χ2n) is 6.38. The highest BCUT2D eigenvalue weighted by Crippen LogP contribution is 2.31. The van der Waals surface area contributed by atoms with E-state index in [1.165, 1.54) is 15.6 Å². The van der Waals surface area contributed by atoms with E-state index in [4.69, 9.17) is 0 Å². The molecule has 0 saturated carbocycles. The molecule has 134 valence electrons. The highest BCUT2D eigenvalue weighted by Gasteiger charge is 2.40. The largest absolute Gasteiger partial charge is 0.324 e. The van der Waals surface area contributed by atoms with Gasteiger partial charge in [0, 0.05) is 17.1 Å². The van der Waals surface area contributed by atoms with E-state index in [9.17, 15) is 13.2 Å². The lowest BCUT2D eigenvalue weighted by molar-refractivity contribution is -0.119. The Hall–Kier alpha value is -1.70. The zero-order valence-corrected chi connectivity index (χ0v) is 16.2. The van der Waals surface area contributed by atoms with Crippen molar-refractivity contribution in [2.75, 3.05) is 11.9 Å². The maximum Gasteiger partial charge on any atom is 0.253 e. The fraction of sp³-hybridized carbons (Fsp3) is 0.389. The third kappa shape index (κ3) is 3.49. The summed E-state index contributed by atoms with van der Waals surface area (Å²) in [4.78, 5) is 13.7. The first kappa shape index (κ1) is 18.1. The Kier molecular flexibility index (Phi) is 4.99. The molecule has 0 spiro atoms. The molecule has 0 bridgehead atoms. The number of carbonyl (C=O) groups excluding carboxylic acids is 1. The van der Waals surface area contributed by atoms with Crippen LogP contribution in [0.15, 0.2) is 34.5 Å². The minimum atomic E-state index is -3.63. The van der Waals surface area contributed by atoms with E-state index in [0.717, 1.165) is 21.7 Å². The smallest absolute Gasteiger partial charge is 0.253 e. The van der Waals surface area contributed by atoms with Crippen molar-refractivity contribution in [3.63, 3.8) is 0 Å². The van der Waals surface area contributed by atoms with Crippen molar-refractivity contribution < 1.29 is 13.2 Å². The van der Waals surface area contributed by atoms with Gasteiger partial charge in [-0.2, -0.15) is 4.31 Å². The summed E-state index contributed by atoms with van der Waals surface area (Å²) in [5, 5.41) is 2.91. The van der Waals surface area contributed by atoms with Gasteiger partial charge in [-0.3, -0.25) is 4.79 Å². The number of rotatable bonds is 4. The maximum atomic E-state index is 12.9. The molecule has 1 aliphatic rings. The summed E-state index contributed by atoms with van der Waals surface area (Å²) < 4.78 is 27.4. The average Bonchev–Trinajstić information content (AvgIpc) is 3.21. The van der Waals surface area contributed by atoms with E-state index in [1.807, 2.05) is 39.0 Å². The molecular formula is C18H22N2O3S2. The number of hydrogen-bond acceptors (Lipinski definition) is 4. The fourth-order valence-electron chi connectivity index (χ4n) is 3.06. The molecule has 1 fully saturated rings. The molecule has 25 heavy (non-hydrogen) atoms. The number of amides is 1. The first-order chi connectivity index (χ1) is 11.8. The fourth-order valence-corrected chi connectivity index (χ4v) is 6.13. The molecule has 0 aliphatic carbocycles. The summed E-state index contributed by atoms with van der Waals surface area (Å²) in [5.41, 5.74) is 2.82. The Labute approximate surface area is 152 Å². The van der Waals surface area contributed by atoms with Gasteiger partial charge in [0.1, 0.15) is 10.3 Å². The molecule has 1 atom stereocenters. The zero-order chi connectivity index (χ0) is 18.2. The van der Waals surface area contributed by atoms with Gasteiger partial charge in [0.25, 0.3) is 10.0 Å². The molecule has 7 heteroatoms. The molecular weight excluding hydrogens is 356 g/mol. The highest BCUT2D eigenvalue weighted by molar-refractivity contribution is 7.91. The molecule has 1 N–H and O–H groups in total. The summed E-state index contributed by atoms with van der Waals surface area (Å²) in [6, 6.07) is 8.46. The molecule has 2 heterocycles. The van der Waals surface area contributed by atoms with E-state index in [1.54, 1.807) is 12.1 Å². The third-order valence-electron chi connectivity index (χ3n) is 4.65. The van der Waals surface area contributed by atoms with Gasteiger partial charge in [0.15, 0.2) is 0 Å². The van der Waals surface area contributed by atoms with E-state index < -0.39 is 16.1 Å². The lowest BCUT2D eigenvalue weighted by Crippen LogP contribution is -2.42. The number of carbonyl (C=O) groups is 1. The molecule has 2 aromatic rings. The van der Waals surface area contributed by atoms with Crippen LogP contribution < -0.4 is 5.32 Å². The summed E-state index contributed by atoms with van der Waals surface area (Å²) in [6.45, 7) is 6.18. The van der Waals surface area contributed by atoms with Gasteiger partial charge in [-0.25, -0.2) is 8.42 Å². The standard InChI is InChI=1S/C18H22N2O3S2/c1-12-6-4-7-15(14(12)3)19-18(21)16-8-5-11-20(16)25(22,23)17-10-9-13(2)24-17/h4,6-7,9-10,16H,5,8,11H2,1-3H3,(H,19,21). The second-order valence-corrected chi connectivity index (χ2v) is 9.78. The van der Waals surface area contributed by atoms with Crippen molar-refractivity contribution in [2.24, 2.45) is 0 Å². The van der Waals surface area contributed by atoms with Crippen molar-refractivity contribution in [1.82, 2.24) is 4.31 Å². The van der Waals surface area contributed by atoms with Crippen LogP contribution in [0.5, 0.6) is 0 Å². The maximum absolute atomic E-state index is 12.9. The number of nitrogens with one attached hydrogen (secondary N) is 1. The van der Waals surface area contributed by atoms with E-state index in [-0.39, 0.29) is 5.91 Å². The van der Waals surface area contributed by atoms with Crippen molar-refractivity contribution in [3.05, 3.63) is 46.3 Å². The predicted molar refractivity (Wildman–Crippen MR) is 101 cm³/mol. The normalized spacial score (nSPS) is 18.4. The number of sulfonamides is 1. The number of hydrogen-bond donors (Lipinski definition) is 1. The number of aryl methyl sites for hydroxylation is 2. The van der Waals surface area contributed by atoms with Crippen LogP contribution in [0.2, 0.25) is 0 Å². The zero-order valence-electron chi connectivity index (χ0n) is 14.6. The quantitative estimate of drug-likeness (QED) is 0.886. The van der Waals surface area contributed by atoms with E-state index in [0.29, 0.717) is 23.6 Å². The van der Waals surface area contributed by atoms with Crippen LogP contribution in [0, 0.1) is 20.8 Å². The predicted octanol–water partition coefficient (Wildman–Crippen LogP) is 3.47. The van der Waals surface area contributed by atoms with Crippen molar-refractivity contribution in [3.8, 4) is 0 Å². The molecule has 0 radical (unpaired) electrons. The van der Waals surface area contributed by atoms with Crippen LogP contribution in [-0.4, -0.2) is 31.2 Å². The first-order valence-corrected chi connectivity index (χ1v) is 10.5. The number of benzene rings is 1. The minimum Gasteiger partial charge on any atom is -0.324 e. The van der Waals surface area contributed by atoms with Crippen LogP contribution in [0.3, 0.4) is 0 Å². The molecule has 3 rings (SSSR count). The molecule has 1 aromatic carbocycles. The lowest BCUT2D eigenvalue weighted by atomic mass is 10.1. The van der Waals surface area contributed by atoms with Crippen molar-refractivity contribution in [2.45, 2.75) is 43.9 Å². The van der Waals surface area contributed by atoms with Gasteiger partial charge in [0.05, 0.1) is 0 Å². The summed E-state index contributed by atoms with van der Waals surface area (Å²) in [6.07, 6.45) is 1.23. The van der Waals surface area contributed by atoms with Gasteiger partial charge in [-0.05, 0) is 62.9 Å². The number of nitrogens with zero attached hydrogens (tertiary/aromatic N) is 1. The van der Waals surface area contributed by atoms with Gasteiger partial charge in [-0.15, -0.1) is 11.3 Å². The third-order valence-corrected chi connectivity index (χ3v) is 8.02. The summed E-state index contributed by atoms with van der Waals surface area (Å²) in [7, 11) is -3.63. The van der Waals surface area contributed by atoms with Crippen molar-refractivity contribution in [1.29, 1.82) is 0 Å². The monoisotopic (exact) mass is 378 g/mol. The van der Waals surface area contributed by atoms with Crippen LogP contribution >= 0.6 is 11.3 Å². The number of thiophene rings is 1. The van der Waals surface area contributed by atoms with E-state index >= 15 is 0 Å². The molecule has 1 amide bonds. The van der Waals surface area contributed by atoms with Crippen LogP contribution in [0.1, 0.15) is 28.8 Å². The minimum absolute atomic E-state index is 0.261. The Morgan fingerprint density at radius 2 is 1.96 bits per heavy atom. The van der Waals surface area contributed by atoms with Crippen LogP contribution in [-0.2, 0) is 14.8 Å². The topological polar surface area (TPSA) is 66.5 Å². The second kappa shape index (κ2) is 6.90. The molecule has 1 aromatic heterocycles. The Morgan fingerprint density at radius 1 is 1.20 bits per heavy atom.